The first kappa shape index (κ1) is 15.2. The van der Waals surface area contributed by atoms with E-state index in [2.05, 4.69) is 22.2 Å². The van der Waals surface area contributed by atoms with E-state index in [1.165, 1.54) is 0 Å². The van der Waals surface area contributed by atoms with Crippen molar-refractivity contribution in [3.8, 4) is 18.1 Å². The van der Waals surface area contributed by atoms with Gasteiger partial charge in [-0.25, -0.2) is 0 Å². The number of terminal acetylenes is 1. The standard InChI is InChI=1S/C15H18ClN2OP/c1-4-6-14(15-17-9-10-18(15)20-3)19-13-8-5-7-12(16)11(13)2/h1,5,7-8,14,20H,6,9-10H2,2-3H3. The second kappa shape index (κ2) is 6.97. The molecule has 0 bridgehead atoms. The summed E-state index contributed by atoms with van der Waals surface area (Å²) in [6, 6.07) is 5.65. The van der Waals surface area contributed by atoms with Gasteiger partial charge in [0.05, 0.1) is 13.0 Å². The Hall–Kier alpha value is -1.23. The van der Waals surface area contributed by atoms with Gasteiger partial charge in [0.1, 0.15) is 11.6 Å². The minimum atomic E-state index is -0.202. The summed E-state index contributed by atoms with van der Waals surface area (Å²) in [6.07, 6.45) is 5.78. The fraction of sp³-hybridized carbons (Fsp3) is 0.400. The predicted octanol–water partition coefficient (Wildman–Crippen LogP) is 3.36. The van der Waals surface area contributed by atoms with E-state index >= 15 is 0 Å². The fourth-order valence-corrected chi connectivity index (χ4v) is 3.06. The molecule has 1 aromatic rings. The summed E-state index contributed by atoms with van der Waals surface area (Å²) < 4.78 is 8.33. The first-order valence-corrected chi connectivity index (χ1v) is 8.34. The zero-order valence-corrected chi connectivity index (χ0v) is 13.4. The first-order valence-electron chi connectivity index (χ1n) is 6.52. The molecule has 0 fully saturated rings. The Morgan fingerprint density at radius 2 is 2.40 bits per heavy atom. The highest BCUT2D eigenvalue weighted by atomic mass is 35.5. The van der Waals surface area contributed by atoms with E-state index in [-0.39, 0.29) is 6.10 Å². The van der Waals surface area contributed by atoms with Gasteiger partial charge in [-0.15, -0.1) is 12.3 Å². The van der Waals surface area contributed by atoms with Crippen molar-refractivity contribution in [3.05, 3.63) is 28.8 Å². The molecule has 1 aromatic carbocycles. The lowest BCUT2D eigenvalue weighted by Gasteiger charge is -2.25. The minimum Gasteiger partial charge on any atom is -0.481 e. The topological polar surface area (TPSA) is 24.8 Å². The number of nitrogens with zero attached hydrogens (tertiary/aromatic N) is 2. The van der Waals surface area contributed by atoms with Crippen LogP contribution in [-0.4, -0.2) is 36.4 Å². The second-order valence-corrected chi connectivity index (χ2v) is 5.89. The number of hydrogen-bond donors (Lipinski definition) is 0. The fourth-order valence-electron chi connectivity index (χ4n) is 2.13. The Labute approximate surface area is 127 Å². The maximum atomic E-state index is 6.13. The van der Waals surface area contributed by atoms with E-state index < -0.39 is 0 Å². The van der Waals surface area contributed by atoms with Crippen molar-refractivity contribution in [1.29, 1.82) is 0 Å². The third-order valence-corrected chi connectivity index (χ3v) is 4.62. The van der Waals surface area contributed by atoms with Crippen LogP contribution in [0.25, 0.3) is 0 Å². The smallest absolute Gasteiger partial charge is 0.167 e. The molecule has 0 aliphatic carbocycles. The lowest BCUT2D eigenvalue weighted by atomic mass is 10.2. The van der Waals surface area contributed by atoms with Crippen molar-refractivity contribution in [3.63, 3.8) is 0 Å². The molecule has 1 heterocycles. The summed E-state index contributed by atoms with van der Waals surface area (Å²) in [5.41, 5.74) is 0.931. The maximum absolute atomic E-state index is 6.13. The molecule has 3 nitrogen and oxygen atoms in total. The molecule has 2 rings (SSSR count). The Morgan fingerprint density at radius 3 is 3.10 bits per heavy atom. The zero-order chi connectivity index (χ0) is 14.5. The monoisotopic (exact) mass is 308 g/mol. The second-order valence-electron chi connectivity index (χ2n) is 4.49. The van der Waals surface area contributed by atoms with Gasteiger partial charge >= 0.3 is 0 Å². The van der Waals surface area contributed by atoms with Crippen molar-refractivity contribution < 1.29 is 4.74 Å². The molecular weight excluding hydrogens is 291 g/mol. The molecule has 5 heteroatoms. The molecule has 0 N–H and O–H groups in total. The molecule has 0 amide bonds. The third kappa shape index (κ3) is 3.26. The van der Waals surface area contributed by atoms with Crippen LogP contribution in [0.1, 0.15) is 12.0 Å². The molecule has 2 unspecified atom stereocenters. The molecule has 0 radical (unpaired) electrons. The van der Waals surface area contributed by atoms with Crippen molar-refractivity contribution in [2.75, 3.05) is 19.8 Å². The summed E-state index contributed by atoms with van der Waals surface area (Å²) >= 11 is 6.13. The lowest BCUT2D eigenvalue weighted by Crippen LogP contribution is -2.35. The molecule has 0 saturated heterocycles. The number of hydrogen-bond acceptors (Lipinski definition) is 3. The Kier molecular flexibility index (Phi) is 5.29. The highest BCUT2D eigenvalue weighted by Crippen LogP contribution is 2.28. The Morgan fingerprint density at radius 1 is 1.60 bits per heavy atom. The Balaban J connectivity index is 2.22. The van der Waals surface area contributed by atoms with Gasteiger partial charge in [-0.2, -0.15) is 0 Å². The van der Waals surface area contributed by atoms with Crippen LogP contribution in [0.5, 0.6) is 5.75 Å². The third-order valence-electron chi connectivity index (χ3n) is 3.22. The molecule has 1 aliphatic heterocycles. The molecule has 2 atom stereocenters. The van der Waals surface area contributed by atoms with Gasteiger partial charge < -0.3 is 9.41 Å². The van der Waals surface area contributed by atoms with Gasteiger partial charge in [0.2, 0.25) is 0 Å². The maximum Gasteiger partial charge on any atom is 0.167 e. The van der Waals surface area contributed by atoms with E-state index in [1.54, 1.807) is 0 Å². The summed E-state index contributed by atoms with van der Waals surface area (Å²) in [5.74, 6) is 4.41. The molecule has 0 aromatic heterocycles. The van der Waals surface area contributed by atoms with Crippen molar-refractivity contribution >= 4 is 26.2 Å². The number of halogens is 1. The van der Waals surface area contributed by atoms with Crippen LogP contribution in [0, 0.1) is 19.3 Å². The SMILES string of the molecule is C#CCC(Oc1cccc(Cl)c1C)C1=NCCN1PC. The average molecular weight is 309 g/mol. The largest absolute Gasteiger partial charge is 0.481 e. The number of benzene rings is 1. The van der Waals surface area contributed by atoms with Crippen molar-refractivity contribution in [2.24, 2.45) is 4.99 Å². The van der Waals surface area contributed by atoms with E-state index in [0.717, 1.165) is 30.2 Å². The van der Waals surface area contributed by atoms with Crippen LogP contribution < -0.4 is 4.74 Å². The van der Waals surface area contributed by atoms with E-state index in [1.807, 2.05) is 25.1 Å². The number of amidine groups is 1. The van der Waals surface area contributed by atoms with E-state index in [4.69, 9.17) is 22.8 Å². The van der Waals surface area contributed by atoms with E-state index in [9.17, 15) is 0 Å². The van der Waals surface area contributed by atoms with Gasteiger partial charge in [0.15, 0.2) is 6.10 Å². The van der Waals surface area contributed by atoms with Crippen LogP contribution in [0.4, 0.5) is 0 Å². The minimum absolute atomic E-state index is 0.202. The van der Waals surface area contributed by atoms with Crippen LogP contribution >= 0.6 is 20.3 Å². The van der Waals surface area contributed by atoms with Gasteiger partial charge in [0.25, 0.3) is 0 Å². The van der Waals surface area contributed by atoms with Gasteiger partial charge in [-0.05, 0) is 34.5 Å². The van der Waals surface area contributed by atoms with Gasteiger partial charge in [-0.1, -0.05) is 17.7 Å². The molecular formula is C15H18ClN2OP. The summed E-state index contributed by atoms with van der Waals surface area (Å²) in [7, 11) is 0.672. The Bertz CT molecular complexity index is 553. The van der Waals surface area contributed by atoms with Gasteiger partial charge in [0, 0.05) is 17.1 Å². The molecule has 20 heavy (non-hydrogen) atoms. The lowest BCUT2D eigenvalue weighted by molar-refractivity contribution is 0.263. The van der Waals surface area contributed by atoms with Crippen molar-refractivity contribution in [2.45, 2.75) is 19.4 Å². The average Bonchev–Trinajstić information content (AvgIpc) is 2.91. The molecule has 106 valence electrons. The molecule has 0 spiro atoms. The number of ether oxygens (including phenoxy) is 1. The molecule has 0 saturated carbocycles. The summed E-state index contributed by atoms with van der Waals surface area (Å²) in [4.78, 5) is 4.55. The highest BCUT2D eigenvalue weighted by molar-refractivity contribution is 7.35. The summed E-state index contributed by atoms with van der Waals surface area (Å²) in [6.45, 7) is 5.84. The quantitative estimate of drug-likeness (QED) is 0.615. The van der Waals surface area contributed by atoms with Crippen LogP contribution in [0.3, 0.4) is 0 Å². The van der Waals surface area contributed by atoms with Gasteiger partial charge in [-0.3, -0.25) is 4.99 Å². The highest BCUT2D eigenvalue weighted by Gasteiger charge is 2.26. The first-order chi connectivity index (χ1) is 9.67. The molecule has 1 aliphatic rings. The van der Waals surface area contributed by atoms with Crippen LogP contribution in [-0.2, 0) is 0 Å². The van der Waals surface area contributed by atoms with Crippen LogP contribution in [0.15, 0.2) is 23.2 Å². The van der Waals surface area contributed by atoms with Crippen LogP contribution in [0.2, 0.25) is 5.02 Å². The number of aliphatic imine (C=N–C) groups is 1. The summed E-state index contributed by atoms with van der Waals surface area (Å²) in [5, 5.41) is 0.699. The number of rotatable bonds is 5. The van der Waals surface area contributed by atoms with Crippen molar-refractivity contribution in [1.82, 2.24) is 4.67 Å². The van der Waals surface area contributed by atoms with E-state index in [0.29, 0.717) is 20.2 Å². The zero-order valence-electron chi connectivity index (χ0n) is 11.7. The normalized spacial score (nSPS) is 16.3. The predicted molar refractivity (Wildman–Crippen MR) is 87.3 cm³/mol.